The van der Waals surface area contributed by atoms with Crippen LogP contribution in [0.1, 0.15) is 10.4 Å². The predicted molar refractivity (Wildman–Crippen MR) is 112 cm³/mol. The molecular formula is C17H26Cl2N4O2S. The van der Waals surface area contributed by atoms with Gasteiger partial charge in [-0.05, 0) is 18.2 Å². The van der Waals surface area contributed by atoms with Crippen molar-refractivity contribution in [3.8, 4) is 0 Å². The van der Waals surface area contributed by atoms with Crippen molar-refractivity contribution in [3.05, 3.63) is 29.8 Å². The predicted octanol–water partition coefficient (Wildman–Crippen LogP) is 1.56. The zero-order valence-electron chi connectivity index (χ0n) is 14.6. The van der Waals surface area contributed by atoms with Gasteiger partial charge in [-0.1, -0.05) is 6.07 Å². The molecule has 1 aromatic carbocycles. The molecule has 2 fully saturated rings. The van der Waals surface area contributed by atoms with Gasteiger partial charge in [0.15, 0.2) is 0 Å². The number of thioether (sulfide) groups is 1. The average Bonchev–Trinajstić information content (AvgIpc) is 2.63. The Labute approximate surface area is 171 Å². The molecule has 2 amide bonds. The Morgan fingerprint density at radius 3 is 2.46 bits per heavy atom. The van der Waals surface area contributed by atoms with Gasteiger partial charge in [0.1, 0.15) is 0 Å². The molecule has 26 heavy (non-hydrogen) atoms. The van der Waals surface area contributed by atoms with E-state index in [2.05, 4.69) is 15.5 Å². The maximum atomic E-state index is 12.5. The summed E-state index contributed by atoms with van der Waals surface area (Å²) in [5.41, 5.74) is 1.33. The van der Waals surface area contributed by atoms with Gasteiger partial charge < -0.3 is 15.5 Å². The van der Waals surface area contributed by atoms with Crippen LogP contribution in [0.15, 0.2) is 24.3 Å². The Morgan fingerprint density at radius 2 is 1.77 bits per heavy atom. The van der Waals surface area contributed by atoms with Gasteiger partial charge in [-0.15, -0.1) is 24.8 Å². The molecule has 0 atom stereocenters. The smallest absolute Gasteiger partial charge is 0.253 e. The summed E-state index contributed by atoms with van der Waals surface area (Å²) in [6, 6.07) is 7.25. The van der Waals surface area contributed by atoms with Crippen molar-refractivity contribution in [1.29, 1.82) is 0 Å². The molecule has 2 aliphatic rings. The SMILES string of the molecule is Cl.Cl.O=C(CN1CCNCC1)Nc1cccc(C(=O)N2CCSCC2)c1. The number of nitrogens with zero attached hydrogens (tertiary/aromatic N) is 2. The summed E-state index contributed by atoms with van der Waals surface area (Å²) in [7, 11) is 0. The Bertz CT molecular complexity index is 594. The molecule has 2 heterocycles. The Balaban J connectivity index is 0.00000169. The summed E-state index contributed by atoms with van der Waals surface area (Å²) in [6.07, 6.45) is 0. The van der Waals surface area contributed by atoms with Crippen molar-refractivity contribution < 1.29 is 9.59 Å². The molecule has 0 bridgehead atoms. The molecule has 3 rings (SSSR count). The quantitative estimate of drug-likeness (QED) is 0.773. The summed E-state index contributed by atoms with van der Waals surface area (Å²) < 4.78 is 0. The van der Waals surface area contributed by atoms with Gasteiger partial charge >= 0.3 is 0 Å². The first-order valence-corrected chi connectivity index (χ1v) is 9.58. The lowest BCUT2D eigenvalue weighted by Crippen LogP contribution is -2.46. The highest BCUT2D eigenvalue weighted by molar-refractivity contribution is 7.99. The van der Waals surface area contributed by atoms with Crippen LogP contribution in [-0.4, -0.2) is 78.9 Å². The monoisotopic (exact) mass is 420 g/mol. The average molecular weight is 421 g/mol. The zero-order chi connectivity index (χ0) is 16.8. The summed E-state index contributed by atoms with van der Waals surface area (Å²) in [5, 5.41) is 6.18. The van der Waals surface area contributed by atoms with Gasteiger partial charge in [0.05, 0.1) is 6.54 Å². The van der Waals surface area contributed by atoms with E-state index in [0.29, 0.717) is 17.8 Å². The Kier molecular flexibility index (Phi) is 10.3. The normalized spacial score (nSPS) is 17.6. The third kappa shape index (κ3) is 6.63. The van der Waals surface area contributed by atoms with E-state index in [1.165, 1.54) is 0 Å². The number of rotatable bonds is 4. The van der Waals surface area contributed by atoms with Crippen LogP contribution in [0.4, 0.5) is 5.69 Å². The van der Waals surface area contributed by atoms with Crippen LogP contribution in [0.5, 0.6) is 0 Å². The number of amides is 2. The van der Waals surface area contributed by atoms with Crippen molar-refractivity contribution in [2.45, 2.75) is 0 Å². The number of benzene rings is 1. The largest absolute Gasteiger partial charge is 0.337 e. The fraction of sp³-hybridized carbons (Fsp3) is 0.529. The molecule has 0 unspecified atom stereocenters. The summed E-state index contributed by atoms with van der Waals surface area (Å²) in [5.74, 6) is 2.00. The second-order valence-electron chi connectivity index (χ2n) is 6.06. The zero-order valence-corrected chi connectivity index (χ0v) is 17.1. The lowest BCUT2D eigenvalue weighted by atomic mass is 10.1. The highest BCUT2D eigenvalue weighted by Gasteiger charge is 2.19. The molecule has 2 aliphatic heterocycles. The van der Waals surface area contributed by atoms with E-state index < -0.39 is 0 Å². The number of nitrogens with one attached hydrogen (secondary N) is 2. The standard InChI is InChI=1S/C17H24N4O2S.2ClH/c22-16(13-20-6-4-18-5-7-20)19-15-3-1-2-14(12-15)17(23)21-8-10-24-11-9-21;;/h1-3,12,18H,4-11,13H2,(H,19,22);2*1H. The van der Waals surface area contributed by atoms with Crippen molar-refractivity contribution >= 4 is 54.1 Å². The van der Waals surface area contributed by atoms with Gasteiger partial charge in [0.25, 0.3) is 5.91 Å². The highest BCUT2D eigenvalue weighted by atomic mass is 35.5. The van der Waals surface area contributed by atoms with E-state index in [4.69, 9.17) is 0 Å². The van der Waals surface area contributed by atoms with Crippen LogP contribution in [0, 0.1) is 0 Å². The molecule has 0 aromatic heterocycles. The Hall–Kier alpha value is -0.990. The van der Waals surface area contributed by atoms with Crippen LogP contribution in [0.3, 0.4) is 0 Å². The van der Waals surface area contributed by atoms with Gasteiger partial charge in [0, 0.05) is 62.0 Å². The number of carbonyl (C=O) groups excluding carboxylic acids is 2. The van der Waals surface area contributed by atoms with E-state index in [0.717, 1.165) is 50.8 Å². The first-order valence-electron chi connectivity index (χ1n) is 8.42. The molecule has 0 aliphatic carbocycles. The molecule has 0 saturated carbocycles. The number of piperazine rings is 1. The summed E-state index contributed by atoms with van der Waals surface area (Å²) >= 11 is 1.88. The van der Waals surface area contributed by atoms with Crippen molar-refractivity contribution in [2.24, 2.45) is 0 Å². The number of hydrogen-bond acceptors (Lipinski definition) is 5. The maximum Gasteiger partial charge on any atom is 0.253 e. The molecule has 6 nitrogen and oxygen atoms in total. The molecule has 1 aromatic rings. The minimum Gasteiger partial charge on any atom is -0.337 e. The van der Waals surface area contributed by atoms with E-state index in [1.807, 2.05) is 34.9 Å². The van der Waals surface area contributed by atoms with Crippen molar-refractivity contribution in [3.63, 3.8) is 0 Å². The van der Waals surface area contributed by atoms with Crippen LogP contribution >= 0.6 is 36.6 Å². The number of hydrogen-bond donors (Lipinski definition) is 2. The van der Waals surface area contributed by atoms with Crippen LogP contribution < -0.4 is 10.6 Å². The van der Waals surface area contributed by atoms with Crippen LogP contribution in [0.25, 0.3) is 0 Å². The van der Waals surface area contributed by atoms with E-state index in [1.54, 1.807) is 6.07 Å². The molecule has 0 radical (unpaired) electrons. The summed E-state index contributed by atoms with van der Waals surface area (Å²) in [4.78, 5) is 28.8. The molecular weight excluding hydrogens is 395 g/mol. The Morgan fingerprint density at radius 1 is 1.08 bits per heavy atom. The lowest BCUT2D eigenvalue weighted by Gasteiger charge is -2.27. The third-order valence-corrected chi connectivity index (χ3v) is 5.21. The summed E-state index contributed by atoms with van der Waals surface area (Å²) in [6.45, 7) is 5.60. The third-order valence-electron chi connectivity index (χ3n) is 4.27. The highest BCUT2D eigenvalue weighted by Crippen LogP contribution is 2.16. The minimum atomic E-state index is -0.0316. The van der Waals surface area contributed by atoms with Crippen LogP contribution in [0.2, 0.25) is 0 Å². The number of halogens is 2. The molecule has 0 spiro atoms. The van der Waals surface area contributed by atoms with E-state index in [-0.39, 0.29) is 36.6 Å². The number of carbonyl (C=O) groups is 2. The van der Waals surface area contributed by atoms with Gasteiger partial charge in [-0.3, -0.25) is 14.5 Å². The molecule has 2 saturated heterocycles. The van der Waals surface area contributed by atoms with Gasteiger partial charge in [-0.2, -0.15) is 11.8 Å². The fourth-order valence-corrected chi connectivity index (χ4v) is 3.85. The first-order chi connectivity index (χ1) is 11.7. The second kappa shape index (κ2) is 11.7. The second-order valence-corrected chi connectivity index (χ2v) is 7.28. The van der Waals surface area contributed by atoms with Gasteiger partial charge in [0.2, 0.25) is 5.91 Å². The fourth-order valence-electron chi connectivity index (χ4n) is 2.95. The molecule has 9 heteroatoms. The van der Waals surface area contributed by atoms with Gasteiger partial charge in [-0.25, -0.2) is 0 Å². The first kappa shape index (κ1) is 23.0. The topological polar surface area (TPSA) is 64.7 Å². The van der Waals surface area contributed by atoms with E-state index in [9.17, 15) is 9.59 Å². The number of anilines is 1. The molecule has 2 N–H and O–H groups in total. The van der Waals surface area contributed by atoms with Crippen molar-refractivity contribution in [2.75, 3.05) is 62.6 Å². The van der Waals surface area contributed by atoms with Crippen LogP contribution in [-0.2, 0) is 4.79 Å². The van der Waals surface area contributed by atoms with Crippen molar-refractivity contribution in [1.82, 2.24) is 15.1 Å². The maximum absolute atomic E-state index is 12.5. The minimum absolute atomic E-state index is 0. The van der Waals surface area contributed by atoms with E-state index >= 15 is 0 Å². The molecule has 146 valence electrons. The lowest BCUT2D eigenvalue weighted by molar-refractivity contribution is -0.117.